The van der Waals surface area contributed by atoms with Crippen molar-refractivity contribution in [2.45, 2.75) is 47.0 Å². The van der Waals surface area contributed by atoms with Gasteiger partial charge in [0, 0.05) is 12.0 Å². The number of hydrogen-bond acceptors (Lipinski definition) is 4. The van der Waals surface area contributed by atoms with Crippen LogP contribution in [0.25, 0.3) is 0 Å². The Bertz CT molecular complexity index is 443. The summed E-state index contributed by atoms with van der Waals surface area (Å²) in [4.78, 5) is 36.7. The molecule has 1 atom stereocenters. The van der Waals surface area contributed by atoms with Crippen LogP contribution in [0.1, 0.15) is 47.0 Å². The van der Waals surface area contributed by atoms with Gasteiger partial charge >= 0.3 is 0 Å². The first-order chi connectivity index (χ1) is 8.78. The number of unbranched alkanes of at least 4 members (excludes halogenated alkanes) is 1. The van der Waals surface area contributed by atoms with Gasteiger partial charge in [0.2, 0.25) is 0 Å². The van der Waals surface area contributed by atoms with Crippen LogP contribution in [0.2, 0.25) is 0 Å². The molecular formula is C15H22O4. The molecule has 106 valence electrons. The second-order valence-corrected chi connectivity index (χ2v) is 5.51. The first-order valence-corrected chi connectivity index (χ1v) is 6.65. The van der Waals surface area contributed by atoms with Crippen molar-refractivity contribution in [1.29, 1.82) is 0 Å². The molecular weight excluding hydrogens is 244 g/mol. The Kier molecular flexibility index (Phi) is 4.66. The van der Waals surface area contributed by atoms with Gasteiger partial charge in [-0.1, -0.05) is 13.3 Å². The van der Waals surface area contributed by atoms with Gasteiger partial charge in [-0.25, -0.2) is 0 Å². The molecule has 0 radical (unpaired) electrons. The van der Waals surface area contributed by atoms with Crippen molar-refractivity contribution >= 4 is 17.3 Å². The summed E-state index contributed by atoms with van der Waals surface area (Å²) >= 11 is 0. The van der Waals surface area contributed by atoms with E-state index in [1.165, 1.54) is 7.11 Å². The van der Waals surface area contributed by atoms with Crippen molar-refractivity contribution in [2.75, 3.05) is 7.11 Å². The number of Topliss-reactive ketones (excluding diaryl/α,β-unsaturated/α-hetero) is 3. The Hall–Kier alpha value is -1.45. The number of rotatable bonds is 5. The Labute approximate surface area is 114 Å². The van der Waals surface area contributed by atoms with Crippen LogP contribution in [-0.2, 0) is 19.1 Å². The second-order valence-electron chi connectivity index (χ2n) is 5.51. The summed E-state index contributed by atoms with van der Waals surface area (Å²) in [5.41, 5.74) is -0.527. The van der Waals surface area contributed by atoms with Crippen LogP contribution in [0.4, 0.5) is 0 Å². The first kappa shape index (κ1) is 15.6. The maximum absolute atomic E-state index is 12.4. The highest BCUT2D eigenvalue weighted by atomic mass is 16.5. The molecule has 0 aromatic rings. The molecule has 0 aromatic heterocycles. The average molecular weight is 266 g/mol. The number of carbonyl (C=O) groups is 3. The lowest BCUT2D eigenvalue weighted by Crippen LogP contribution is -2.46. The zero-order valence-corrected chi connectivity index (χ0v) is 12.3. The fraction of sp³-hybridized carbons (Fsp3) is 0.667. The van der Waals surface area contributed by atoms with Gasteiger partial charge in [0.05, 0.1) is 12.5 Å². The van der Waals surface area contributed by atoms with Crippen LogP contribution in [-0.4, -0.2) is 24.5 Å². The highest BCUT2D eigenvalue weighted by Gasteiger charge is 2.50. The zero-order chi connectivity index (χ0) is 14.8. The molecule has 1 rings (SSSR count). The van der Waals surface area contributed by atoms with Crippen molar-refractivity contribution in [2.24, 2.45) is 11.3 Å². The molecule has 0 amide bonds. The topological polar surface area (TPSA) is 60.4 Å². The van der Waals surface area contributed by atoms with E-state index in [1.807, 2.05) is 6.92 Å². The molecule has 0 N–H and O–H groups in total. The molecule has 0 saturated carbocycles. The lowest BCUT2D eigenvalue weighted by atomic mass is 9.69. The fourth-order valence-electron chi connectivity index (χ4n) is 2.58. The van der Waals surface area contributed by atoms with E-state index in [-0.39, 0.29) is 18.0 Å². The third-order valence-electron chi connectivity index (χ3n) is 3.72. The molecule has 1 aliphatic rings. The molecule has 0 aromatic carbocycles. The Morgan fingerprint density at radius 1 is 1.32 bits per heavy atom. The minimum absolute atomic E-state index is 0.264. The van der Waals surface area contributed by atoms with Crippen molar-refractivity contribution < 1.29 is 19.1 Å². The van der Waals surface area contributed by atoms with Gasteiger partial charge in [0.25, 0.3) is 0 Å². The van der Waals surface area contributed by atoms with Crippen molar-refractivity contribution in [1.82, 2.24) is 0 Å². The minimum Gasteiger partial charge on any atom is -0.500 e. The third kappa shape index (κ3) is 2.62. The number of methoxy groups -OCH3 is 1. The number of carbonyl (C=O) groups excluding carboxylic acids is 3. The van der Waals surface area contributed by atoms with Gasteiger partial charge in [0.15, 0.2) is 17.3 Å². The Morgan fingerprint density at radius 2 is 1.89 bits per heavy atom. The fourth-order valence-corrected chi connectivity index (χ4v) is 2.58. The maximum atomic E-state index is 12.4. The third-order valence-corrected chi connectivity index (χ3v) is 3.72. The van der Waals surface area contributed by atoms with Crippen LogP contribution in [0.3, 0.4) is 0 Å². The van der Waals surface area contributed by atoms with E-state index in [4.69, 9.17) is 4.74 Å². The van der Waals surface area contributed by atoms with Crippen molar-refractivity contribution in [3.8, 4) is 0 Å². The number of ether oxygens (including phenoxy) is 1. The summed E-state index contributed by atoms with van der Waals surface area (Å²) in [5, 5.41) is 0. The van der Waals surface area contributed by atoms with E-state index in [1.54, 1.807) is 20.8 Å². The lowest BCUT2D eigenvalue weighted by Gasteiger charge is -2.34. The molecule has 0 fully saturated rings. The summed E-state index contributed by atoms with van der Waals surface area (Å²) in [6.45, 7) is 6.99. The minimum atomic E-state index is -1.14. The van der Waals surface area contributed by atoms with Crippen molar-refractivity contribution in [3.05, 3.63) is 11.3 Å². The van der Waals surface area contributed by atoms with E-state index >= 15 is 0 Å². The molecule has 0 heterocycles. The van der Waals surface area contributed by atoms with Gasteiger partial charge in [-0.15, -0.1) is 0 Å². The van der Waals surface area contributed by atoms with E-state index in [2.05, 4.69) is 0 Å². The molecule has 1 unspecified atom stereocenters. The van der Waals surface area contributed by atoms with Gasteiger partial charge in [-0.2, -0.15) is 0 Å². The summed E-state index contributed by atoms with van der Waals surface area (Å²) < 4.78 is 5.20. The second kappa shape index (κ2) is 5.68. The lowest BCUT2D eigenvalue weighted by molar-refractivity contribution is -0.144. The maximum Gasteiger partial charge on any atom is 0.179 e. The molecule has 4 nitrogen and oxygen atoms in total. The van der Waals surface area contributed by atoms with Crippen LogP contribution >= 0.6 is 0 Å². The summed E-state index contributed by atoms with van der Waals surface area (Å²) in [6.07, 6.45) is 1.85. The summed E-state index contributed by atoms with van der Waals surface area (Å²) in [5.74, 6) is -1.77. The van der Waals surface area contributed by atoms with Gasteiger partial charge < -0.3 is 4.74 Å². The normalized spacial score (nSPS) is 22.7. The highest BCUT2D eigenvalue weighted by Crippen LogP contribution is 2.39. The van der Waals surface area contributed by atoms with E-state index in [9.17, 15) is 14.4 Å². The number of allylic oxidation sites excluding steroid dienone is 2. The molecule has 0 saturated heterocycles. The predicted molar refractivity (Wildman–Crippen MR) is 71.5 cm³/mol. The quantitative estimate of drug-likeness (QED) is 0.717. The van der Waals surface area contributed by atoms with Gasteiger partial charge in [-0.3, -0.25) is 14.4 Å². The molecule has 19 heavy (non-hydrogen) atoms. The molecule has 0 aliphatic heterocycles. The largest absolute Gasteiger partial charge is 0.500 e. The number of ketones is 3. The van der Waals surface area contributed by atoms with Crippen LogP contribution in [0.5, 0.6) is 0 Å². The van der Waals surface area contributed by atoms with E-state index in [0.717, 1.165) is 6.42 Å². The van der Waals surface area contributed by atoms with Crippen LogP contribution < -0.4 is 0 Å². The summed E-state index contributed by atoms with van der Waals surface area (Å²) in [7, 11) is 1.44. The van der Waals surface area contributed by atoms with E-state index < -0.39 is 17.1 Å². The number of hydrogen-bond donors (Lipinski definition) is 0. The predicted octanol–water partition coefficient (Wildman–Crippen LogP) is 2.46. The average Bonchev–Trinajstić information content (AvgIpc) is 2.35. The van der Waals surface area contributed by atoms with Gasteiger partial charge in [0.1, 0.15) is 11.7 Å². The smallest absolute Gasteiger partial charge is 0.179 e. The monoisotopic (exact) mass is 266 g/mol. The molecule has 1 aliphatic carbocycles. The summed E-state index contributed by atoms with van der Waals surface area (Å²) in [6, 6.07) is 0. The zero-order valence-electron chi connectivity index (χ0n) is 12.3. The first-order valence-electron chi connectivity index (χ1n) is 6.65. The van der Waals surface area contributed by atoms with E-state index in [0.29, 0.717) is 17.8 Å². The van der Waals surface area contributed by atoms with Gasteiger partial charge in [-0.05, 0) is 27.2 Å². The van der Waals surface area contributed by atoms with Crippen LogP contribution in [0.15, 0.2) is 11.3 Å². The molecule has 0 bridgehead atoms. The van der Waals surface area contributed by atoms with Crippen LogP contribution in [0, 0.1) is 11.3 Å². The Balaban J connectivity index is 3.18. The molecule has 4 heteroatoms. The SMILES string of the molecule is CCCCC(=O)C1C(=O)C(C)=C(OC)C(C)(C)C1=O. The Morgan fingerprint density at radius 3 is 2.37 bits per heavy atom. The molecule has 0 spiro atoms. The van der Waals surface area contributed by atoms with Crippen molar-refractivity contribution in [3.63, 3.8) is 0 Å². The highest BCUT2D eigenvalue weighted by molar-refractivity contribution is 6.27. The standard InChI is InChI=1S/C15H22O4/c1-6-7-8-10(16)11-12(17)9(2)14(19-5)15(3,4)13(11)18/h11H,6-8H2,1-5H3.